The standard InChI is InChI=1S/C41H52N6S2/c1-42-36-14-7-9-16-38(36)48-40(42)32-34-18-24-44(25-19-34)22-11-28-46(3,4)30-13-31-47(5,6)29-12-23-45-26-20-35(21-27-45)33-41-43(2)37-15-8-10-17-39(37)49-41/h7-10,14-21,24-27H,11-13,22-23,28-31H2,1-6H3/q+2. The predicted octanol–water partition coefficient (Wildman–Crippen LogP) is 8.21. The van der Waals surface area contributed by atoms with Crippen LogP contribution in [0, 0.1) is 0 Å². The summed E-state index contributed by atoms with van der Waals surface area (Å²) >= 11 is 3.58. The molecule has 0 amide bonds. The molecule has 49 heavy (non-hydrogen) atoms. The van der Waals surface area contributed by atoms with Crippen LogP contribution in [-0.4, -0.2) is 100 Å². The summed E-state index contributed by atoms with van der Waals surface area (Å²) in [6.45, 7) is 6.86. The first-order chi connectivity index (χ1) is 23.6. The number of para-hydroxylation sites is 2. The molecule has 6 nitrogen and oxygen atoms in total. The summed E-state index contributed by atoms with van der Waals surface area (Å²) in [5.41, 5.74) is 12.0. The summed E-state index contributed by atoms with van der Waals surface area (Å²) in [5, 5.41) is 2.30. The number of allylic oxidation sites excluding steroid dienone is 6. The van der Waals surface area contributed by atoms with E-state index in [0.717, 1.165) is 43.3 Å². The molecule has 0 aliphatic carbocycles. The quantitative estimate of drug-likeness (QED) is 0.163. The fourth-order valence-corrected chi connectivity index (χ4v) is 8.70. The molecule has 4 aliphatic heterocycles. The van der Waals surface area contributed by atoms with Gasteiger partial charge < -0.3 is 28.6 Å². The van der Waals surface area contributed by atoms with Gasteiger partial charge in [0.25, 0.3) is 0 Å². The Morgan fingerprint density at radius 2 is 0.898 bits per heavy atom. The van der Waals surface area contributed by atoms with E-state index in [4.69, 9.17) is 0 Å². The molecule has 0 N–H and O–H groups in total. The Bertz CT molecular complexity index is 1620. The molecule has 6 rings (SSSR count). The number of nitrogens with zero attached hydrogens (tertiary/aromatic N) is 6. The van der Waals surface area contributed by atoms with E-state index in [1.807, 2.05) is 0 Å². The average molecular weight is 693 g/mol. The summed E-state index contributed by atoms with van der Waals surface area (Å²) in [4.78, 5) is 11.7. The zero-order valence-electron chi connectivity index (χ0n) is 30.1. The molecule has 4 heterocycles. The van der Waals surface area contributed by atoms with Gasteiger partial charge in [0, 0.05) is 92.2 Å². The van der Waals surface area contributed by atoms with Crippen molar-refractivity contribution in [3.63, 3.8) is 0 Å². The molecule has 0 aromatic heterocycles. The molecule has 0 spiro atoms. The minimum Gasteiger partial charge on any atom is -0.354 e. The number of hydrogen-bond acceptors (Lipinski definition) is 6. The second-order valence-electron chi connectivity index (χ2n) is 14.6. The van der Waals surface area contributed by atoms with Crippen LogP contribution in [0.1, 0.15) is 19.3 Å². The normalized spacial score (nSPS) is 16.9. The lowest BCUT2D eigenvalue weighted by Crippen LogP contribution is -2.46. The molecule has 8 heteroatoms. The second-order valence-corrected chi connectivity index (χ2v) is 16.7. The largest absolute Gasteiger partial charge is 0.354 e. The number of quaternary nitrogens is 2. The Kier molecular flexibility index (Phi) is 11.1. The molecule has 0 bridgehead atoms. The van der Waals surface area contributed by atoms with Crippen LogP contribution in [0.15, 0.2) is 140 Å². The fourth-order valence-electron chi connectivity index (χ4n) is 6.56. The van der Waals surface area contributed by atoms with Gasteiger partial charge in [0.2, 0.25) is 0 Å². The van der Waals surface area contributed by atoms with Gasteiger partial charge >= 0.3 is 0 Å². The minimum atomic E-state index is 1.04. The zero-order chi connectivity index (χ0) is 34.4. The zero-order valence-corrected chi connectivity index (χ0v) is 31.7. The van der Waals surface area contributed by atoms with Gasteiger partial charge in [0.15, 0.2) is 0 Å². The maximum atomic E-state index is 3.60. The summed E-state index contributed by atoms with van der Waals surface area (Å²) in [7, 11) is 13.8. The lowest BCUT2D eigenvalue weighted by Gasteiger charge is -2.34. The van der Waals surface area contributed by atoms with Gasteiger partial charge in [-0.05, 0) is 48.6 Å². The molecular formula is C41H52N6S2+2. The highest BCUT2D eigenvalue weighted by atomic mass is 32.2. The summed E-state index contributed by atoms with van der Waals surface area (Å²) < 4.78 is 2.14. The number of benzene rings is 2. The first-order valence-corrected chi connectivity index (χ1v) is 19.1. The van der Waals surface area contributed by atoms with E-state index >= 15 is 0 Å². The Morgan fingerprint density at radius 3 is 1.29 bits per heavy atom. The van der Waals surface area contributed by atoms with Crippen molar-refractivity contribution in [3.05, 3.63) is 130 Å². The third-order valence-corrected chi connectivity index (χ3v) is 11.9. The third kappa shape index (κ3) is 9.29. The van der Waals surface area contributed by atoms with Crippen LogP contribution in [0.5, 0.6) is 0 Å². The van der Waals surface area contributed by atoms with Gasteiger partial charge in [-0.1, -0.05) is 59.3 Å². The number of rotatable bonds is 12. The smallest absolute Gasteiger partial charge is 0.124 e. The van der Waals surface area contributed by atoms with E-state index in [1.54, 1.807) is 23.5 Å². The van der Waals surface area contributed by atoms with Crippen LogP contribution in [-0.2, 0) is 0 Å². The molecule has 0 fully saturated rings. The first kappa shape index (κ1) is 35.1. The Morgan fingerprint density at radius 1 is 0.531 bits per heavy atom. The maximum absolute atomic E-state index is 3.60. The van der Waals surface area contributed by atoms with Crippen LogP contribution in [0.3, 0.4) is 0 Å². The van der Waals surface area contributed by atoms with Crippen molar-refractivity contribution >= 4 is 34.9 Å². The lowest BCUT2D eigenvalue weighted by atomic mass is 10.2. The van der Waals surface area contributed by atoms with Crippen LogP contribution in [0.4, 0.5) is 11.4 Å². The van der Waals surface area contributed by atoms with Crippen LogP contribution >= 0.6 is 23.5 Å². The van der Waals surface area contributed by atoms with Crippen molar-refractivity contribution in [1.82, 2.24) is 9.80 Å². The highest BCUT2D eigenvalue weighted by molar-refractivity contribution is 8.04. The maximum Gasteiger partial charge on any atom is 0.124 e. The van der Waals surface area contributed by atoms with Crippen molar-refractivity contribution in [2.24, 2.45) is 0 Å². The third-order valence-electron chi connectivity index (χ3n) is 9.65. The fraction of sp³-hybridized carbons (Fsp3) is 0.366. The van der Waals surface area contributed by atoms with Crippen molar-refractivity contribution in [1.29, 1.82) is 0 Å². The topological polar surface area (TPSA) is 13.0 Å². The van der Waals surface area contributed by atoms with Crippen LogP contribution in [0.25, 0.3) is 0 Å². The highest BCUT2D eigenvalue weighted by Crippen LogP contribution is 2.45. The molecule has 2 aromatic rings. The highest BCUT2D eigenvalue weighted by Gasteiger charge is 2.23. The van der Waals surface area contributed by atoms with Gasteiger partial charge in [-0.15, -0.1) is 0 Å². The number of thioether (sulfide) groups is 2. The molecule has 2 aromatic carbocycles. The summed E-state index contributed by atoms with van der Waals surface area (Å²) in [5.74, 6) is 0. The van der Waals surface area contributed by atoms with E-state index in [-0.39, 0.29) is 0 Å². The molecule has 0 atom stereocenters. The van der Waals surface area contributed by atoms with E-state index in [2.05, 4.69) is 171 Å². The molecule has 256 valence electrons. The van der Waals surface area contributed by atoms with Gasteiger partial charge in [0.1, 0.15) is 10.1 Å². The lowest BCUT2D eigenvalue weighted by molar-refractivity contribution is -0.909. The second kappa shape index (κ2) is 15.4. The molecule has 4 aliphatic rings. The first-order valence-electron chi connectivity index (χ1n) is 17.5. The van der Waals surface area contributed by atoms with Crippen molar-refractivity contribution in [3.8, 4) is 0 Å². The Labute approximate surface area is 303 Å². The molecule has 0 saturated carbocycles. The van der Waals surface area contributed by atoms with Crippen molar-refractivity contribution in [2.75, 3.05) is 91.4 Å². The van der Waals surface area contributed by atoms with E-state index in [9.17, 15) is 0 Å². The van der Waals surface area contributed by atoms with Gasteiger partial charge in [-0.2, -0.15) is 0 Å². The van der Waals surface area contributed by atoms with E-state index in [1.165, 1.54) is 66.6 Å². The average Bonchev–Trinajstić information content (AvgIpc) is 3.57. The Hall–Kier alpha value is -3.74. The monoisotopic (exact) mass is 692 g/mol. The van der Waals surface area contributed by atoms with Crippen LogP contribution in [0.2, 0.25) is 0 Å². The van der Waals surface area contributed by atoms with Gasteiger partial charge in [-0.25, -0.2) is 0 Å². The van der Waals surface area contributed by atoms with E-state index < -0.39 is 0 Å². The SMILES string of the molecule is CN1C(=C=C2C=CN(CCC[N+](C)(C)CCC[N+](C)(C)CCCN3C=CC(=C=C4Sc5ccccc5N4C)C=C3)C=C2)Sc2ccccc21. The van der Waals surface area contributed by atoms with E-state index in [0.29, 0.717) is 0 Å². The molecule has 0 radical (unpaired) electrons. The number of anilines is 2. The Balaban J connectivity index is 0.870. The summed E-state index contributed by atoms with van der Waals surface area (Å²) in [6, 6.07) is 17.1. The van der Waals surface area contributed by atoms with Crippen molar-refractivity contribution < 1.29 is 8.97 Å². The summed E-state index contributed by atoms with van der Waals surface area (Å²) in [6.07, 6.45) is 21.1. The minimum absolute atomic E-state index is 1.04. The molecule has 0 saturated heterocycles. The number of fused-ring (bicyclic) bond motifs is 2. The van der Waals surface area contributed by atoms with Gasteiger partial charge in [-0.3, -0.25) is 0 Å². The molecular weight excluding hydrogens is 641 g/mol. The van der Waals surface area contributed by atoms with Crippen LogP contribution < -0.4 is 9.80 Å². The molecule has 0 unspecified atom stereocenters. The predicted molar refractivity (Wildman–Crippen MR) is 210 cm³/mol. The van der Waals surface area contributed by atoms with Crippen molar-refractivity contribution in [2.45, 2.75) is 29.1 Å². The van der Waals surface area contributed by atoms with Gasteiger partial charge in [0.05, 0.1) is 65.7 Å². The number of hydrogen-bond donors (Lipinski definition) is 0.